The van der Waals surface area contributed by atoms with Crippen LogP contribution < -0.4 is 5.32 Å². The summed E-state index contributed by atoms with van der Waals surface area (Å²) >= 11 is 1.41. The highest BCUT2D eigenvalue weighted by atomic mass is 32.1. The number of nitrogens with one attached hydrogen (secondary N) is 1. The normalized spacial score (nSPS) is 28.5. The fourth-order valence-electron chi connectivity index (χ4n) is 5.65. The van der Waals surface area contributed by atoms with Crippen LogP contribution in [-0.2, 0) is 9.53 Å². The van der Waals surface area contributed by atoms with Crippen LogP contribution >= 0.6 is 11.3 Å². The Balaban J connectivity index is 1.36. The number of nitrogens with zero attached hydrogens (tertiary/aromatic N) is 2. The maximum absolute atomic E-state index is 13.8. The summed E-state index contributed by atoms with van der Waals surface area (Å²) < 4.78 is 5.77. The average Bonchev–Trinajstić information content (AvgIpc) is 3.56. The van der Waals surface area contributed by atoms with E-state index in [9.17, 15) is 14.7 Å². The van der Waals surface area contributed by atoms with Gasteiger partial charge < -0.3 is 20.1 Å². The molecular formula is C25H31N3O4S. The van der Waals surface area contributed by atoms with Gasteiger partial charge in [0.1, 0.15) is 12.1 Å². The Morgan fingerprint density at radius 2 is 2.06 bits per heavy atom. The van der Waals surface area contributed by atoms with Crippen LogP contribution in [0.4, 0.5) is 0 Å². The molecule has 3 fully saturated rings. The van der Waals surface area contributed by atoms with Gasteiger partial charge in [0, 0.05) is 35.3 Å². The molecule has 0 bridgehead atoms. The largest absolute Gasteiger partial charge is 0.388 e. The van der Waals surface area contributed by atoms with Gasteiger partial charge in [0.25, 0.3) is 5.91 Å². The molecular weight excluding hydrogens is 438 g/mol. The highest BCUT2D eigenvalue weighted by Crippen LogP contribution is 2.36. The molecule has 3 aliphatic rings. The van der Waals surface area contributed by atoms with Crippen LogP contribution in [-0.4, -0.2) is 64.2 Å². The molecule has 2 amide bonds. The fourth-order valence-corrected chi connectivity index (χ4v) is 6.55. The number of thiophene rings is 1. The van der Waals surface area contributed by atoms with Crippen LogP contribution in [0.15, 0.2) is 36.7 Å². The lowest BCUT2D eigenvalue weighted by molar-refractivity contribution is -0.137. The Labute approximate surface area is 198 Å². The minimum atomic E-state index is -0.675. The second-order valence-electron chi connectivity index (χ2n) is 9.58. The Bertz CT molecular complexity index is 991. The number of ether oxygens (including phenoxy) is 1. The highest BCUT2D eigenvalue weighted by molar-refractivity contribution is 7.17. The first-order valence-corrected chi connectivity index (χ1v) is 12.8. The first-order chi connectivity index (χ1) is 16.0. The minimum absolute atomic E-state index is 0.0804. The predicted octanol–water partition coefficient (Wildman–Crippen LogP) is 3.10. The molecule has 2 aliphatic heterocycles. The standard InChI is InChI=1S/C25H31N3O4S/c1-15-13-28(22-18(29)14-32-23(15)22)25(31)21(16-6-3-2-4-7-16)27-24(30)20-10-9-19(33-20)17-8-5-11-26-12-17/h5,8-12,15-16,18,21-23,29H,2-4,6-7,13-14H2,1H3,(H,27,30)/t15-,18-,21-,22+,23?/m0/s1. The van der Waals surface area contributed by atoms with E-state index >= 15 is 0 Å². The number of pyridine rings is 1. The Kier molecular flexibility index (Phi) is 6.49. The Morgan fingerprint density at radius 3 is 2.82 bits per heavy atom. The molecule has 33 heavy (non-hydrogen) atoms. The maximum Gasteiger partial charge on any atom is 0.262 e. The predicted molar refractivity (Wildman–Crippen MR) is 126 cm³/mol. The van der Waals surface area contributed by atoms with Crippen molar-refractivity contribution in [2.75, 3.05) is 13.2 Å². The van der Waals surface area contributed by atoms with Crippen molar-refractivity contribution in [3.8, 4) is 10.4 Å². The van der Waals surface area contributed by atoms with Gasteiger partial charge >= 0.3 is 0 Å². The van der Waals surface area contributed by atoms with Crippen molar-refractivity contribution in [1.29, 1.82) is 0 Å². The molecule has 0 radical (unpaired) electrons. The second-order valence-corrected chi connectivity index (χ2v) is 10.7. The highest BCUT2D eigenvalue weighted by Gasteiger charge is 2.52. The minimum Gasteiger partial charge on any atom is -0.388 e. The summed E-state index contributed by atoms with van der Waals surface area (Å²) in [5.41, 5.74) is 0.966. The molecule has 4 heterocycles. The van der Waals surface area contributed by atoms with Gasteiger partial charge in [-0.15, -0.1) is 11.3 Å². The van der Waals surface area contributed by atoms with Crippen LogP contribution in [0.3, 0.4) is 0 Å². The molecule has 0 aromatic carbocycles. The summed E-state index contributed by atoms with van der Waals surface area (Å²) in [5.74, 6) is -0.0193. The van der Waals surface area contributed by atoms with Gasteiger partial charge in [-0.3, -0.25) is 14.6 Å². The van der Waals surface area contributed by atoms with Gasteiger partial charge in [-0.05, 0) is 37.0 Å². The van der Waals surface area contributed by atoms with Gasteiger partial charge in [-0.2, -0.15) is 0 Å². The van der Waals surface area contributed by atoms with Crippen LogP contribution in [0.1, 0.15) is 48.7 Å². The summed E-state index contributed by atoms with van der Waals surface area (Å²) in [5, 5.41) is 13.6. The van der Waals surface area contributed by atoms with E-state index in [-0.39, 0.29) is 42.4 Å². The zero-order chi connectivity index (χ0) is 22.9. The molecule has 5 atom stereocenters. The molecule has 2 saturated heterocycles. The van der Waals surface area contributed by atoms with Crippen molar-refractivity contribution in [3.05, 3.63) is 41.5 Å². The molecule has 176 valence electrons. The van der Waals surface area contributed by atoms with E-state index in [2.05, 4.69) is 17.2 Å². The second kappa shape index (κ2) is 9.52. The lowest BCUT2D eigenvalue weighted by Crippen LogP contribution is -2.55. The quantitative estimate of drug-likeness (QED) is 0.702. The molecule has 0 spiro atoms. The van der Waals surface area contributed by atoms with E-state index < -0.39 is 12.1 Å². The number of aromatic nitrogens is 1. The number of hydrogen-bond donors (Lipinski definition) is 2. The van der Waals surface area contributed by atoms with E-state index in [1.165, 1.54) is 17.8 Å². The number of carbonyl (C=O) groups is 2. The van der Waals surface area contributed by atoms with Crippen molar-refractivity contribution in [3.63, 3.8) is 0 Å². The number of likely N-dealkylation sites (tertiary alicyclic amines) is 1. The first kappa shape index (κ1) is 22.5. The van der Waals surface area contributed by atoms with E-state index in [0.717, 1.165) is 36.1 Å². The molecule has 5 rings (SSSR count). The van der Waals surface area contributed by atoms with Gasteiger partial charge in [0.05, 0.1) is 23.6 Å². The molecule has 2 aromatic rings. The van der Waals surface area contributed by atoms with Crippen molar-refractivity contribution < 1.29 is 19.4 Å². The third-order valence-electron chi connectivity index (χ3n) is 7.33. The molecule has 2 aromatic heterocycles. The Hall–Kier alpha value is -2.29. The number of aliphatic hydroxyl groups excluding tert-OH is 1. The van der Waals surface area contributed by atoms with Gasteiger partial charge in [0.15, 0.2) is 0 Å². The summed E-state index contributed by atoms with van der Waals surface area (Å²) in [6, 6.07) is 6.67. The molecule has 1 saturated carbocycles. The number of hydrogen-bond acceptors (Lipinski definition) is 6. The van der Waals surface area contributed by atoms with Crippen molar-refractivity contribution in [1.82, 2.24) is 15.2 Å². The van der Waals surface area contributed by atoms with Crippen LogP contribution in [0, 0.1) is 11.8 Å². The SMILES string of the molecule is C[C@H]1CN(C(=O)[C@@H](NC(=O)c2ccc(-c3cccnc3)s2)C2CCCCC2)[C@H]2C1OC[C@@H]2O. The molecule has 1 aliphatic carbocycles. The van der Waals surface area contributed by atoms with Gasteiger partial charge in [-0.25, -0.2) is 0 Å². The summed E-state index contributed by atoms with van der Waals surface area (Å²) in [7, 11) is 0. The fraction of sp³-hybridized carbons (Fsp3) is 0.560. The Morgan fingerprint density at radius 1 is 1.24 bits per heavy atom. The molecule has 7 nitrogen and oxygen atoms in total. The van der Waals surface area contributed by atoms with Crippen molar-refractivity contribution >= 4 is 23.2 Å². The number of aliphatic hydroxyl groups is 1. The van der Waals surface area contributed by atoms with E-state index in [4.69, 9.17) is 4.74 Å². The maximum atomic E-state index is 13.8. The smallest absolute Gasteiger partial charge is 0.262 e. The number of rotatable bonds is 5. The van der Waals surface area contributed by atoms with Crippen molar-refractivity contribution in [2.45, 2.75) is 63.3 Å². The van der Waals surface area contributed by atoms with E-state index in [0.29, 0.717) is 11.4 Å². The molecule has 1 unspecified atom stereocenters. The monoisotopic (exact) mass is 469 g/mol. The number of carbonyl (C=O) groups excluding carboxylic acids is 2. The van der Waals surface area contributed by atoms with E-state index in [1.54, 1.807) is 17.3 Å². The zero-order valence-corrected chi connectivity index (χ0v) is 19.7. The van der Waals surface area contributed by atoms with Gasteiger partial charge in [0.2, 0.25) is 5.91 Å². The number of fused-ring (bicyclic) bond motifs is 1. The van der Waals surface area contributed by atoms with Crippen LogP contribution in [0.25, 0.3) is 10.4 Å². The van der Waals surface area contributed by atoms with Crippen molar-refractivity contribution in [2.24, 2.45) is 11.8 Å². The zero-order valence-electron chi connectivity index (χ0n) is 18.9. The number of amides is 2. The molecule has 8 heteroatoms. The van der Waals surface area contributed by atoms with E-state index in [1.807, 2.05) is 24.3 Å². The average molecular weight is 470 g/mol. The lowest BCUT2D eigenvalue weighted by atomic mass is 9.83. The first-order valence-electron chi connectivity index (χ1n) is 11.9. The third-order valence-corrected chi connectivity index (χ3v) is 8.46. The third kappa shape index (κ3) is 4.44. The summed E-state index contributed by atoms with van der Waals surface area (Å²) in [4.78, 5) is 34.6. The summed E-state index contributed by atoms with van der Waals surface area (Å²) in [6.45, 7) is 2.87. The topological polar surface area (TPSA) is 91.8 Å². The summed E-state index contributed by atoms with van der Waals surface area (Å²) in [6.07, 6.45) is 7.87. The van der Waals surface area contributed by atoms with Crippen LogP contribution in [0.5, 0.6) is 0 Å². The van der Waals surface area contributed by atoms with Gasteiger partial charge in [-0.1, -0.05) is 32.3 Å². The molecule has 2 N–H and O–H groups in total. The van der Waals surface area contributed by atoms with Crippen LogP contribution in [0.2, 0.25) is 0 Å². The lowest BCUT2D eigenvalue weighted by Gasteiger charge is -2.35.